The molecule has 3 atom stereocenters. The maximum absolute atomic E-state index is 12.5. The average molecular weight is 393 g/mol. The summed E-state index contributed by atoms with van der Waals surface area (Å²) in [6, 6.07) is 17.6. The van der Waals surface area contributed by atoms with Gasteiger partial charge >= 0.3 is 0 Å². The number of benzene rings is 2. The van der Waals surface area contributed by atoms with E-state index in [1.54, 1.807) is 6.92 Å². The molecule has 3 unspecified atom stereocenters. The van der Waals surface area contributed by atoms with E-state index >= 15 is 0 Å². The lowest BCUT2D eigenvalue weighted by molar-refractivity contribution is -0.117. The van der Waals surface area contributed by atoms with Crippen LogP contribution in [0.25, 0.3) is 0 Å². The Labute approximate surface area is 173 Å². The van der Waals surface area contributed by atoms with Crippen molar-refractivity contribution in [3.63, 3.8) is 0 Å². The molecule has 4 rings (SSSR count). The first kappa shape index (κ1) is 19.8. The topological polar surface area (TPSA) is 56.4 Å². The largest absolute Gasteiger partial charge is 0.382 e. The first-order chi connectivity index (χ1) is 14.0. The highest BCUT2D eigenvalue weighted by atomic mass is 16.2. The van der Waals surface area contributed by atoms with E-state index in [4.69, 9.17) is 0 Å². The second kappa shape index (κ2) is 8.46. The van der Waals surface area contributed by atoms with Gasteiger partial charge in [-0.05, 0) is 63.2 Å². The molecular formula is C24H32N4O. The Morgan fingerprint density at radius 1 is 1.00 bits per heavy atom. The summed E-state index contributed by atoms with van der Waals surface area (Å²) in [6.45, 7) is 8.17. The summed E-state index contributed by atoms with van der Waals surface area (Å²) in [5.74, 6) is 0.378. The molecule has 1 amide bonds. The van der Waals surface area contributed by atoms with Crippen molar-refractivity contribution < 1.29 is 4.79 Å². The number of hydrogen-bond donors (Lipinski definition) is 3. The number of amides is 1. The van der Waals surface area contributed by atoms with Crippen molar-refractivity contribution in [3.05, 3.63) is 54.1 Å². The minimum absolute atomic E-state index is 0.0998. The number of nitrogens with one attached hydrogen (secondary N) is 3. The van der Waals surface area contributed by atoms with Crippen LogP contribution in [0.1, 0.15) is 45.2 Å². The Morgan fingerprint density at radius 2 is 1.72 bits per heavy atom. The number of para-hydroxylation sites is 1. The summed E-state index contributed by atoms with van der Waals surface area (Å²) >= 11 is 0. The van der Waals surface area contributed by atoms with Crippen LogP contribution in [0.4, 0.5) is 17.1 Å². The standard InChI is InChI=1S/C24H32N4O/c1-16-17(2)28(18(3)29)23-10-9-21(26-20-11-13-25-14-12-20)15-22(23)24(16)27-19-7-5-4-6-8-19/h4-10,15-17,20,24-27H,11-14H2,1-3H3. The Balaban J connectivity index is 1.69. The molecule has 0 radical (unpaired) electrons. The van der Waals surface area contributed by atoms with Gasteiger partial charge in [0.15, 0.2) is 0 Å². The Hall–Kier alpha value is -2.53. The van der Waals surface area contributed by atoms with Crippen molar-refractivity contribution in [2.75, 3.05) is 28.6 Å². The molecule has 0 aromatic heterocycles. The van der Waals surface area contributed by atoms with Crippen molar-refractivity contribution in [1.29, 1.82) is 0 Å². The van der Waals surface area contributed by atoms with Gasteiger partial charge in [0.2, 0.25) is 5.91 Å². The lowest BCUT2D eigenvalue weighted by Crippen LogP contribution is -2.48. The zero-order valence-electron chi connectivity index (χ0n) is 17.6. The molecule has 2 aliphatic rings. The lowest BCUT2D eigenvalue weighted by Gasteiger charge is -2.44. The molecule has 0 aliphatic carbocycles. The van der Waals surface area contributed by atoms with Gasteiger partial charge in [0.1, 0.15) is 0 Å². The van der Waals surface area contributed by atoms with E-state index in [-0.39, 0.29) is 23.9 Å². The number of piperidine rings is 1. The van der Waals surface area contributed by atoms with E-state index < -0.39 is 0 Å². The molecule has 2 aliphatic heterocycles. The highest BCUT2D eigenvalue weighted by Crippen LogP contribution is 2.43. The molecule has 3 N–H and O–H groups in total. The smallest absolute Gasteiger partial charge is 0.224 e. The zero-order valence-corrected chi connectivity index (χ0v) is 17.6. The fourth-order valence-electron chi connectivity index (χ4n) is 4.71. The Kier molecular flexibility index (Phi) is 5.76. The average Bonchev–Trinajstić information content (AvgIpc) is 2.73. The summed E-state index contributed by atoms with van der Waals surface area (Å²) in [7, 11) is 0. The number of anilines is 3. The molecule has 2 aromatic rings. The molecule has 5 heteroatoms. The van der Waals surface area contributed by atoms with Crippen LogP contribution >= 0.6 is 0 Å². The van der Waals surface area contributed by atoms with Crippen molar-refractivity contribution in [1.82, 2.24) is 5.32 Å². The third kappa shape index (κ3) is 4.10. The van der Waals surface area contributed by atoms with Crippen LogP contribution in [0.5, 0.6) is 0 Å². The normalized spacial score (nSPS) is 24.7. The summed E-state index contributed by atoms with van der Waals surface area (Å²) in [5, 5.41) is 10.9. The van der Waals surface area contributed by atoms with Crippen LogP contribution in [0.3, 0.4) is 0 Å². The van der Waals surface area contributed by atoms with Crippen molar-refractivity contribution in [2.24, 2.45) is 5.92 Å². The summed E-state index contributed by atoms with van der Waals surface area (Å²) < 4.78 is 0. The van der Waals surface area contributed by atoms with E-state index in [2.05, 4.69) is 72.3 Å². The van der Waals surface area contributed by atoms with Crippen LogP contribution in [0, 0.1) is 5.92 Å². The van der Waals surface area contributed by atoms with E-state index in [0.717, 1.165) is 43.0 Å². The van der Waals surface area contributed by atoms with Gasteiger partial charge in [-0.1, -0.05) is 25.1 Å². The Morgan fingerprint density at radius 3 is 2.41 bits per heavy atom. The predicted octanol–water partition coefficient (Wildman–Crippen LogP) is 4.39. The van der Waals surface area contributed by atoms with Crippen molar-refractivity contribution in [3.8, 4) is 0 Å². The molecule has 0 saturated carbocycles. The maximum Gasteiger partial charge on any atom is 0.224 e. The molecule has 0 spiro atoms. The molecule has 2 aromatic carbocycles. The molecule has 154 valence electrons. The molecule has 2 heterocycles. The number of fused-ring (bicyclic) bond motifs is 1. The highest BCUT2D eigenvalue weighted by molar-refractivity contribution is 5.94. The third-order valence-electron chi connectivity index (χ3n) is 6.46. The van der Waals surface area contributed by atoms with Gasteiger partial charge < -0.3 is 20.9 Å². The first-order valence-corrected chi connectivity index (χ1v) is 10.8. The van der Waals surface area contributed by atoms with Crippen molar-refractivity contribution >= 4 is 23.0 Å². The molecular weight excluding hydrogens is 360 g/mol. The fraction of sp³-hybridized carbons (Fsp3) is 0.458. The van der Waals surface area contributed by atoms with E-state index in [9.17, 15) is 4.79 Å². The second-order valence-electron chi connectivity index (χ2n) is 8.42. The van der Waals surface area contributed by atoms with Gasteiger partial charge in [-0.3, -0.25) is 4.79 Å². The second-order valence-corrected chi connectivity index (χ2v) is 8.42. The minimum atomic E-state index is 0.0998. The van der Waals surface area contributed by atoms with Gasteiger partial charge in [0.05, 0.1) is 6.04 Å². The number of rotatable bonds is 4. The lowest BCUT2D eigenvalue weighted by atomic mass is 9.82. The molecule has 1 saturated heterocycles. The van der Waals surface area contributed by atoms with Gasteiger partial charge in [0.25, 0.3) is 0 Å². The van der Waals surface area contributed by atoms with Gasteiger partial charge in [-0.15, -0.1) is 0 Å². The molecule has 1 fully saturated rings. The molecule has 0 bridgehead atoms. The quantitative estimate of drug-likeness (QED) is 0.722. The Bertz CT molecular complexity index is 847. The fourth-order valence-corrected chi connectivity index (χ4v) is 4.71. The summed E-state index contributed by atoms with van der Waals surface area (Å²) in [5.41, 5.74) is 4.46. The third-order valence-corrected chi connectivity index (χ3v) is 6.46. The van der Waals surface area contributed by atoms with Crippen LogP contribution in [-0.4, -0.2) is 31.1 Å². The minimum Gasteiger partial charge on any atom is -0.382 e. The van der Waals surface area contributed by atoms with Crippen LogP contribution < -0.4 is 20.9 Å². The first-order valence-electron chi connectivity index (χ1n) is 10.8. The SMILES string of the molecule is CC(=O)N1c2ccc(NC3CCNCC3)cc2C(Nc2ccccc2)C(C)C1C. The van der Waals surface area contributed by atoms with Crippen LogP contribution in [-0.2, 0) is 4.79 Å². The van der Waals surface area contributed by atoms with Gasteiger partial charge in [-0.25, -0.2) is 0 Å². The van der Waals surface area contributed by atoms with Gasteiger partial charge in [0, 0.05) is 47.6 Å². The van der Waals surface area contributed by atoms with E-state index in [0.29, 0.717) is 6.04 Å². The van der Waals surface area contributed by atoms with Gasteiger partial charge in [-0.2, -0.15) is 0 Å². The zero-order chi connectivity index (χ0) is 20.4. The molecule has 29 heavy (non-hydrogen) atoms. The predicted molar refractivity (Wildman–Crippen MR) is 121 cm³/mol. The number of nitrogens with zero attached hydrogens (tertiary/aromatic N) is 1. The van der Waals surface area contributed by atoms with Crippen molar-refractivity contribution in [2.45, 2.75) is 51.7 Å². The number of carbonyl (C=O) groups is 1. The maximum atomic E-state index is 12.5. The van der Waals surface area contributed by atoms with E-state index in [1.807, 2.05) is 11.0 Å². The van der Waals surface area contributed by atoms with E-state index in [1.165, 1.54) is 5.56 Å². The number of carbonyl (C=O) groups excluding carboxylic acids is 1. The number of hydrogen-bond acceptors (Lipinski definition) is 4. The molecule has 5 nitrogen and oxygen atoms in total. The summed E-state index contributed by atoms with van der Waals surface area (Å²) in [6.07, 6.45) is 2.27. The van der Waals surface area contributed by atoms with Crippen LogP contribution in [0.15, 0.2) is 48.5 Å². The van der Waals surface area contributed by atoms with Crippen LogP contribution in [0.2, 0.25) is 0 Å². The summed E-state index contributed by atoms with van der Waals surface area (Å²) in [4.78, 5) is 14.4. The monoisotopic (exact) mass is 392 g/mol. The highest BCUT2D eigenvalue weighted by Gasteiger charge is 2.38.